The van der Waals surface area contributed by atoms with E-state index < -0.39 is 29.4 Å². The fourth-order valence-electron chi connectivity index (χ4n) is 3.45. The number of amides is 2. The van der Waals surface area contributed by atoms with Gasteiger partial charge in [0.25, 0.3) is 0 Å². The van der Waals surface area contributed by atoms with Crippen LogP contribution in [0.15, 0.2) is 18.2 Å². The summed E-state index contributed by atoms with van der Waals surface area (Å²) in [6.45, 7) is 11.6. The van der Waals surface area contributed by atoms with E-state index in [1.54, 1.807) is 37.8 Å². The van der Waals surface area contributed by atoms with Gasteiger partial charge in [0.15, 0.2) is 0 Å². The summed E-state index contributed by atoms with van der Waals surface area (Å²) in [7, 11) is 0. The highest BCUT2D eigenvalue weighted by Gasteiger charge is 2.33. The molecule has 0 heterocycles. The van der Waals surface area contributed by atoms with Crippen molar-refractivity contribution >= 4 is 18.2 Å². The standard InChI is InChI=1S/C23H34N2O6/c1-22(2,3)30-20(28)24-10-7-11-25(21(29)31-23(4,5)6)18-13-15-8-9-16(19(26)27)12-17(15)14-18/h8-9,12,18H,7,10-11,13-14H2,1-6H3,(H,24,28)(H,26,27). The van der Waals surface area contributed by atoms with Crippen LogP contribution in [0.25, 0.3) is 0 Å². The first-order chi connectivity index (χ1) is 14.2. The van der Waals surface area contributed by atoms with E-state index in [0.29, 0.717) is 32.4 Å². The molecule has 8 nitrogen and oxygen atoms in total. The minimum absolute atomic E-state index is 0.129. The van der Waals surface area contributed by atoms with Gasteiger partial charge in [-0.1, -0.05) is 6.07 Å². The lowest BCUT2D eigenvalue weighted by atomic mass is 10.1. The van der Waals surface area contributed by atoms with Crippen LogP contribution in [-0.4, -0.2) is 58.5 Å². The summed E-state index contributed by atoms with van der Waals surface area (Å²) >= 11 is 0. The number of fused-ring (bicyclic) bond motifs is 1. The average Bonchev–Trinajstić information content (AvgIpc) is 3.00. The van der Waals surface area contributed by atoms with Crippen LogP contribution in [0.4, 0.5) is 9.59 Å². The number of aromatic carboxylic acids is 1. The first kappa shape index (κ1) is 24.5. The maximum absolute atomic E-state index is 12.9. The molecule has 1 aromatic carbocycles. The van der Waals surface area contributed by atoms with E-state index in [4.69, 9.17) is 9.47 Å². The third-order valence-electron chi connectivity index (χ3n) is 4.68. The molecule has 0 radical (unpaired) electrons. The Morgan fingerprint density at radius 3 is 2.23 bits per heavy atom. The SMILES string of the molecule is CC(C)(C)OC(=O)NCCCN(C(=O)OC(C)(C)C)C1Cc2ccc(C(=O)O)cc2C1. The molecule has 1 atom stereocenters. The highest BCUT2D eigenvalue weighted by molar-refractivity contribution is 5.88. The molecule has 1 aliphatic rings. The molecule has 0 saturated heterocycles. The molecule has 1 aliphatic carbocycles. The Balaban J connectivity index is 2.03. The molecular weight excluding hydrogens is 400 g/mol. The van der Waals surface area contributed by atoms with Gasteiger partial charge >= 0.3 is 18.2 Å². The van der Waals surface area contributed by atoms with Crippen molar-refractivity contribution in [2.24, 2.45) is 0 Å². The molecule has 1 aromatic rings. The number of benzene rings is 1. The number of carbonyl (C=O) groups is 3. The van der Waals surface area contributed by atoms with E-state index in [1.165, 1.54) is 0 Å². The van der Waals surface area contributed by atoms with Crippen molar-refractivity contribution in [3.63, 3.8) is 0 Å². The van der Waals surface area contributed by atoms with Crippen LogP contribution < -0.4 is 5.32 Å². The summed E-state index contributed by atoms with van der Waals surface area (Å²) in [5.41, 5.74) is 1.01. The summed E-state index contributed by atoms with van der Waals surface area (Å²) < 4.78 is 10.8. The predicted molar refractivity (Wildman–Crippen MR) is 116 cm³/mol. The van der Waals surface area contributed by atoms with Crippen molar-refractivity contribution in [1.82, 2.24) is 10.2 Å². The van der Waals surface area contributed by atoms with Crippen LogP contribution >= 0.6 is 0 Å². The third-order valence-corrected chi connectivity index (χ3v) is 4.68. The van der Waals surface area contributed by atoms with E-state index in [1.807, 2.05) is 26.8 Å². The van der Waals surface area contributed by atoms with Crippen molar-refractivity contribution in [3.8, 4) is 0 Å². The minimum atomic E-state index is -0.969. The van der Waals surface area contributed by atoms with Gasteiger partial charge in [-0.3, -0.25) is 0 Å². The zero-order valence-electron chi connectivity index (χ0n) is 19.3. The van der Waals surface area contributed by atoms with Crippen molar-refractivity contribution in [1.29, 1.82) is 0 Å². The molecule has 2 amide bonds. The number of carboxylic acid groups (broad SMARTS) is 1. The van der Waals surface area contributed by atoms with Gasteiger partial charge in [0.05, 0.1) is 5.56 Å². The van der Waals surface area contributed by atoms with Gasteiger partial charge in [-0.15, -0.1) is 0 Å². The maximum Gasteiger partial charge on any atom is 0.410 e. The lowest BCUT2D eigenvalue weighted by Crippen LogP contribution is -2.45. The summed E-state index contributed by atoms with van der Waals surface area (Å²) in [6.07, 6.45) is 0.821. The summed E-state index contributed by atoms with van der Waals surface area (Å²) in [6, 6.07) is 4.95. The molecule has 172 valence electrons. The van der Waals surface area contributed by atoms with Gasteiger partial charge in [-0.05, 0) is 84.1 Å². The molecule has 0 spiro atoms. The van der Waals surface area contributed by atoms with E-state index in [2.05, 4.69) is 5.32 Å². The van der Waals surface area contributed by atoms with Gasteiger partial charge in [-0.25, -0.2) is 14.4 Å². The molecule has 0 saturated carbocycles. The Kier molecular flexibility index (Phi) is 7.57. The number of ether oxygens (including phenoxy) is 2. The number of nitrogens with one attached hydrogen (secondary N) is 1. The predicted octanol–water partition coefficient (Wildman–Crippen LogP) is 4.00. The van der Waals surface area contributed by atoms with Gasteiger partial charge in [0.2, 0.25) is 0 Å². The van der Waals surface area contributed by atoms with E-state index in [0.717, 1.165) is 11.1 Å². The largest absolute Gasteiger partial charge is 0.478 e. The molecule has 2 N–H and O–H groups in total. The minimum Gasteiger partial charge on any atom is -0.478 e. The van der Waals surface area contributed by atoms with Crippen molar-refractivity contribution in [2.45, 2.75) is 78.0 Å². The molecular formula is C23H34N2O6. The van der Waals surface area contributed by atoms with Crippen LogP contribution in [0.2, 0.25) is 0 Å². The Morgan fingerprint density at radius 1 is 1.03 bits per heavy atom. The van der Waals surface area contributed by atoms with Gasteiger partial charge in [0, 0.05) is 19.1 Å². The highest BCUT2D eigenvalue weighted by Crippen LogP contribution is 2.28. The zero-order valence-corrected chi connectivity index (χ0v) is 19.3. The third kappa shape index (κ3) is 7.77. The molecule has 2 rings (SSSR count). The second kappa shape index (κ2) is 9.58. The van der Waals surface area contributed by atoms with Crippen molar-refractivity contribution < 1.29 is 29.0 Å². The number of nitrogens with zero attached hydrogens (tertiary/aromatic N) is 1. The first-order valence-corrected chi connectivity index (χ1v) is 10.6. The normalized spacial score (nSPS) is 15.7. The number of carbonyl (C=O) groups excluding carboxylic acids is 2. The molecule has 1 unspecified atom stereocenters. The highest BCUT2D eigenvalue weighted by atomic mass is 16.6. The first-order valence-electron chi connectivity index (χ1n) is 10.6. The smallest absolute Gasteiger partial charge is 0.410 e. The van der Waals surface area contributed by atoms with Gasteiger partial charge in [-0.2, -0.15) is 0 Å². The average molecular weight is 435 g/mol. The van der Waals surface area contributed by atoms with Crippen molar-refractivity contribution in [3.05, 3.63) is 34.9 Å². The fourth-order valence-corrected chi connectivity index (χ4v) is 3.45. The van der Waals surface area contributed by atoms with E-state index >= 15 is 0 Å². The van der Waals surface area contributed by atoms with Crippen LogP contribution in [-0.2, 0) is 22.3 Å². The lowest BCUT2D eigenvalue weighted by molar-refractivity contribution is 0.0166. The summed E-state index contributed by atoms with van der Waals surface area (Å²) in [5, 5.41) is 11.9. The monoisotopic (exact) mass is 434 g/mol. The van der Waals surface area contributed by atoms with E-state index in [-0.39, 0.29) is 11.6 Å². The lowest BCUT2D eigenvalue weighted by Gasteiger charge is -2.31. The molecule has 0 aromatic heterocycles. The van der Waals surface area contributed by atoms with E-state index in [9.17, 15) is 19.5 Å². The second-order valence-electron chi connectivity index (χ2n) is 9.81. The van der Waals surface area contributed by atoms with Crippen LogP contribution in [0.1, 0.15) is 69.4 Å². The van der Waals surface area contributed by atoms with Gasteiger partial charge < -0.3 is 24.8 Å². The van der Waals surface area contributed by atoms with Crippen LogP contribution in [0.3, 0.4) is 0 Å². The number of carboxylic acids is 1. The van der Waals surface area contributed by atoms with Crippen LogP contribution in [0.5, 0.6) is 0 Å². The zero-order chi connectivity index (χ0) is 23.4. The maximum atomic E-state index is 12.9. The molecule has 8 heteroatoms. The topological polar surface area (TPSA) is 105 Å². The number of alkyl carbamates (subject to hydrolysis) is 1. The molecule has 0 bridgehead atoms. The molecule has 0 fully saturated rings. The Morgan fingerprint density at radius 2 is 1.65 bits per heavy atom. The number of hydrogen-bond donors (Lipinski definition) is 2. The Bertz CT molecular complexity index is 822. The fraction of sp³-hybridized carbons (Fsp3) is 0.609. The molecule has 0 aliphatic heterocycles. The number of hydrogen-bond acceptors (Lipinski definition) is 5. The van der Waals surface area contributed by atoms with Gasteiger partial charge in [0.1, 0.15) is 11.2 Å². The van der Waals surface area contributed by atoms with Crippen LogP contribution in [0, 0.1) is 0 Å². The number of rotatable bonds is 6. The Hall–Kier alpha value is -2.77. The Labute approximate surface area is 183 Å². The quantitative estimate of drug-likeness (QED) is 0.656. The summed E-state index contributed by atoms with van der Waals surface area (Å²) in [4.78, 5) is 37.7. The second-order valence-corrected chi connectivity index (χ2v) is 9.81. The summed E-state index contributed by atoms with van der Waals surface area (Å²) in [5.74, 6) is -0.969. The van der Waals surface area contributed by atoms with Crippen molar-refractivity contribution in [2.75, 3.05) is 13.1 Å². The molecule has 31 heavy (non-hydrogen) atoms.